The maximum atomic E-state index is 13.6. The molecule has 4 aliphatic rings. The van der Waals surface area contributed by atoms with Gasteiger partial charge in [0.25, 0.3) is 5.56 Å². The van der Waals surface area contributed by atoms with Gasteiger partial charge in [-0.1, -0.05) is 30.0 Å². The third kappa shape index (κ3) is 3.31. The molecule has 6 heteroatoms. The van der Waals surface area contributed by atoms with Gasteiger partial charge in [-0.2, -0.15) is 0 Å². The van der Waals surface area contributed by atoms with Crippen molar-refractivity contribution in [1.29, 1.82) is 0 Å². The van der Waals surface area contributed by atoms with Crippen LogP contribution in [0.25, 0.3) is 16.7 Å². The summed E-state index contributed by atoms with van der Waals surface area (Å²) in [7, 11) is 0. The van der Waals surface area contributed by atoms with Crippen LogP contribution in [0.1, 0.15) is 44.1 Å². The molecule has 0 amide bonds. The maximum absolute atomic E-state index is 13.6. The molecule has 4 bridgehead atoms. The molecule has 1 aromatic carbocycles. The summed E-state index contributed by atoms with van der Waals surface area (Å²) in [6, 6.07) is 11.2. The Hall–Kier alpha value is -2.47. The van der Waals surface area contributed by atoms with E-state index in [4.69, 9.17) is 4.98 Å². The van der Waals surface area contributed by atoms with E-state index < -0.39 is 0 Å². The Morgan fingerprint density at radius 1 is 1.06 bits per heavy atom. The zero-order chi connectivity index (χ0) is 21.9. The lowest BCUT2D eigenvalue weighted by molar-refractivity contribution is -0.141. The molecular formula is C26H27N3O2S. The molecule has 0 aliphatic heterocycles. The van der Waals surface area contributed by atoms with Crippen LogP contribution < -0.4 is 5.56 Å². The summed E-state index contributed by atoms with van der Waals surface area (Å²) in [4.78, 5) is 36.2. The van der Waals surface area contributed by atoms with E-state index in [0.29, 0.717) is 33.4 Å². The summed E-state index contributed by atoms with van der Waals surface area (Å²) in [6.07, 6.45) is 8.92. The van der Waals surface area contributed by atoms with Crippen LogP contribution in [-0.4, -0.2) is 26.1 Å². The topological polar surface area (TPSA) is 64.8 Å². The van der Waals surface area contributed by atoms with Crippen LogP contribution in [-0.2, 0) is 4.79 Å². The van der Waals surface area contributed by atoms with Crippen molar-refractivity contribution in [2.45, 2.75) is 50.6 Å². The first kappa shape index (κ1) is 20.2. The van der Waals surface area contributed by atoms with Crippen molar-refractivity contribution in [3.63, 3.8) is 0 Å². The smallest absolute Gasteiger partial charge is 0.267 e. The number of fused-ring (bicyclic) bond motifs is 1. The summed E-state index contributed by atoms with van der Waals surface area (Å²) in [5, 5.41) is 1.11. The fourth-order valence-electron chi connectivity index (χ4n) is 6.74. The van der Waals surface area contributed by atoms with E-state index in [1.165, 1.54) is 31.0 Å². The lowest BCUT2D eigenvalue weighted by atomic mass is 9.48. The lowest BCUT2D eigenvalue weighted by Gasteiger charge is -2.56. The fraction of sp³-hybridized carbons (Fsp3) is 0.462. The molecule has 164 valence electrons. The van der Waals surface area contributed by atoms with Crippen molar-refractivity contribution in [2.24, 2.45) is 23.2 Å². The number of ketones is 1. The standard InChI is InChI=1S/C26H27N3O2S/c1-16-6-7-23(27-14-16)29-24(31)20-4-2-3-5-21(20)28-25(29)32-15-22(30)26-11-17-8-18(12-26)10-19(9-17)13-26/h2-7,14,17-19H,8-13,15H2,1H3. The van der Waals surface area contributed by atoms with Crippen LogP contribution >= 0.6 is 11.8 Å². The summed E-state index contributed by atoms with van der Waals surface area (Å²) >= 11 is 1.39. The quantitative estimate of drug-likeness (QED) is 0.410. The van der Waals surface area contributed by atoms with Crippen LogP contribution in [0, 0.1) is 30.1 Å². The van der Waals surface area contributed by atoms with Crippen molar-refractivity contribution < 1.29 is 4.79 Å². The van der Waals surface area contributed by atoms with Gasteiger partial charge in [-0.3, -0.25) is 9.59 Å². The number of carbonyl (C=O) groups is 1. The second-order valence-electron chi connectivity index (χ2n) is 10.2. The average Bonchev–Trinajstić information content (AvgIpc) is 2.77. The Bertz CT molecular complexity index is 1230. The number of Topliss-reactive ketones (excluding diaryl/α,β-unsaturated/α-hetero) is 1. The molecule has 32 heavy (non-hydrogen) atoms. The Morgan fingerprint density at radius 2 is 1.75 bits per heavy atom. The van der Waals surface area contributed by atoms with Gasteiger partial charge in [0.15, 0.2) is 5.16 Å². The highest BCUT2D eigenvalue weighted by Crippen LogP contribution is 2.60. The van der Waals surface area contributed by atoms with E-state index >= 15 is 0 Å². The molecule has 0 spiro atoms. The molecule has 2 aromatic heterocycles. The van der Waals surface area contributed by atoms with Crippen LogP contribution in [0.5, 0.6) is 0 Å². The van der Waals surface area contributed by atoms with Gasteiger partial charge in [0, 0.05) is 11.6 Å². The summed E-state index contributed by atoms with van der Waals surface area (Å²) in [5.74, 6) is 3.48. The molecule has 0 saturated heterocycles. The van der Waals surface area contributed by atoms with E-state index in [1.54, 1.807) is 16.8 Å². The zero-order valence-electron chi connectivity index (χ0n) is 18.3. The normalized spacial score (nSPS) is 28.3. The molecule has 0 unspecified atom stereocenters. The molecule has 5 nitrogen and oxygen atoms in total. The van der Waals surface area contributed by atoms with Gasteiger partial charge in [0.1, 0.15) is 11.6 Å². The second-order valence-corrected chi connectivity index (χ2v) is 11.1. The lowest BCUT2D eigenvalue weighted by Crippen LogP contribution is -2.50. The highest BCUT2D eigenvalue weighted by Gasteiger charge is 2.54. The molecule has 4 aliphatic carbocycles. The SMILES string of the molecule is Cc1ccc(-n2c(SCC(=O)C34CC5CC(CC(C5)C3)C4)nc3ccccc3c2=O)nc1. The molecule has 2 heterocycles. The number of aryl methyl sites for hydroxylation is 1. The number of rotatable bonds is 5. The highest BCUT2D eigenvalue weighted by molar-refractivity contribution is 7.99. The van der Waals surface area contributed by atoms with Gasteiger partial charge < -0.3 is 0 Å². The molecule has 7 rings (SSSR count). The monoisotopic (exact) mass is 445 g/mol. The molecule has 0 atom stereocenters. The predicted octanol–water partition coefficient (Wildman–Crippen LogP) is 4.97. The number of carbonyl (C=O) groups excluding carboxylic acids is 1. The van der Waals surface area contributed by atoms with Crippen molar-refractivity contribution >= 4 is 28.4 Å². The number of hydrogen-bond acceptors (Lipinski definition) is 5. The van der Waals surface area contributed by atoms with Crippen molar-refractivity contribution in [3.8, 4) is 5.82 Å². The number of nitrogens with zero attached hydrogens (tertiary/aromatic N) is 3. The van der Waals surface area contributed by atoms with Crippen LogP contribution in [0.3, 0.4) is 0 Å². The molecule has 4 saturated carbocycles. The number of pyridine rings is 1. The molecule has 4 fully saturated rings. The first-order chi connectivity index (χ1) is 15.5. The van der Waals surface area contributed by atoms with E-state index in [1.807, 2.05) is 37.3 Å². The zero-order valence-corrected chi connectivity index (χ0v) is 19.1. The van der Waals surface area contributed by atoms with E-state index in [-0.39, 0.29) is 11.0 Å². The molecular weight excluding hydrogens is 418 g/mol. The number of hydrogen-bond donors (Lipinski definition) is 0. The molecule has 0 radical (unpaired) electrons. The van der Waals surface area contributed by atoms with E-state index in [2.05, 4.69) is 4.98 Å². The van der Waals surface area contributed by atoms with Crippen molar-refractivity contribution in [2.75, 3.05) is 5.75 Å². The van der Waals surface area contributed by atoms with E-state index in [9.17, 15) is 9.59 Å². The van der Waals surface area contributed by atoms with Crippen molar-refractivity contribution in [3.05, 3.63) is 58.5 Å². The van der Waals surface area contributed by atoms with Gasteiger partial charge in [-0.25, -0.2) is 14.5 Å². The Labute approximate surface area is 191 Å². The van der Waals surface area contributed by atoms with Crippen LogP contribution in [0.4, 0.5) is 0 Å². The minimum atomic E-state index is -0.142. The fourth-order valence-corrected chi connectivity index (χ4v) is 7.77. The number of benzene rings is 1. The predicted molar refractivity (Wildman–Crippen MR) is 126 cm³/mol. The molecule has 0 N–H and O–H groups in total. The number of thioether (sulfide) groups is 1. The maximum Gasteiger partial charge on any atom is 0.267 e. The minimum Gasteiger partial charge on any atom is -0.298 e. The van der Waals surface area contributed by atoms with E-state index in [0.717, 1.165) is 42.6 Å². The summed E-state index contributed by atoms with van der Waals surface area (Å²) in [6.45, 7) is 1.97. The van der Waals surface area contributed by atoms with Gasteiger partial charge in [-0.15, -0.1) is 0 Å². The van der Waals surface area contributed by atoms with Gasteiger partial charge >= 0.3 is 0 Å². The molecule has 3 aromatic rings. The summed E-state index contributed by atoms with van der Waals surface area (Å²) in [5.41, 5.74) is 1.41. The van der Waals surface area contributed by atoms with Crippen LogP contribution in [0.2, 0.25) is 0 Å². The Kier molecular flexibility index (Phi) is 4.75. The Balaban J connectivity index is 1.35. The second kappa shape index (κ2) is 7.55. The number of aromatic nitrogens is 3. The number of para-hydroxylation sites is 1. The Morgan fingerprint density at radius 3 is 2.41 bits per heavy atom. The van der Waals surface area contributed by atoms with Gasteiger partial charge in [-0.05, 0) is 87.0 Å². The first-order valence-corrected chi connectivity index (χ1v) is 12.6. The van der Waals surface area contributed by atoms with Gasteiger partial charge in [0.2, 0.25) is 0 Å². The highest BCUT2D eigenvalue weighted by atomic mass is 32.2. The van der Waals surface area contributed by atoms with Crippen LogP contribution in [0.15, 0.2) is 52.5 Å². The first-order valence-electron chi connectivity index (χ1n) is 11.6. The minimum absolute atomic E-state index is 0.133. The third-order valence-electron chi connectivity index (χ3n) is 7.83. The largest absolute Gasteiger partial charge is 0.298 e. The average molecular weight is 446 g/mol. The third-order valence-corrected chi connectivity index (χ3v) is 8.77. The summed E-state index contributed by atoms with van der Waals surface area (Å²) < 4.78 is 1.57. The van der Waals surface area contributed by atoms with Gasteiger partial charge in [0.05, 0.1) is 16.7 Å². The van der Waals surface area contributed by atoms with Crippen molar-refractivity contribution in [1.82, 2.24) is 14.5 Å².